The summed E-state index contributed by atoms with van der Waals surface area (Å²) >= 11 is 0. The zero-order valence-corrected chi connectivity index (χ0v) is 17.3. The van der Waals surface area contributed by atoms with Crippen LogP contribution in [-0.2, 0) is 0 Å². The fourth-order valence-corrected chi connectivity index (χ4v) is 3.45. The topological polar surface area (TPSA) is 58.5 Å². The second kappa shape index (κ2) is 8.21. The van der Waals surface area contributed by atoms with Crippen molar-refractivity contribution in [3.8, 4) is 11.1 Å². The van der Waals surface area contributed by atoms with Gasteiger partial charge in [0.1, 0.15) is 0 Å². The van der Waals surface area contributed by atoms with Crippen LogP contribution in [-0.4, -0.2) is 14.1 Å². The molecule has 0 atom stereocenters. The predicted molar refractivity (Wildman–Crippen MR) is 130 cm³/mol. The van der Waals surface area contributed by atoms with Gasteiger partial charge >= 0.3 is 0 Å². The summed E-state index contributed by atoms with van der Waals surface area (Å²) in [5.41, 5.74) is 20.0. The smallest absolute Gasteiger partial charge is 0.0463 e. The average molecular weight is 395 g/mol. The first kappa shape index (κ1) is 19.4. The molecule has 0 saturated heterocycles. The van der Waals surface area contributed by atoms with Crippen LogP contribution in [0.2, 0.25) is 0 Å². The van der Waals surface area contributed by atoms with E-state index in [1.807, 2.05) is 62.6 Å². The number of nitrogens with zero attached hydrogens (tertiary/aromatic N) is 2. The minimum atomic E-state index is 0.743. The maximum Gasteiger partial charge on any atom is 0.0463 e. The molecule has 4 rings (SSSR count). The van der Waals surface area contributed by atoms with E-state index in [4.69, 9.17) is 11.5 Å². The van der Waals surface area contributed by atoms with Gasteiger partial charge in [-0.05, 0) is 83.9 Å². The summed E-state index contributed by atoms with van der Waals surface area (Å²) < 4.78 is 0. The highest BCUT2D eigenvalue weighted by Gasteiger charge is 2.12. The van der Waals surface area contributed by atoms with Crippen molar-refractivity contribution < 1.29 is 0 Å². The lowest BCUT2D eigenvalue weighted by Gasteiger charge is -2.26. The summed E-state index contributed by atoms with van der Waals surface area (Å²) in [4.78, 5) is 4.29. The number of nitrogen functional groups attached to an aromatic ring is 2. The van der Waals surface area contributed by atoms with Gasteiger partial charge < -0.3 is 21.3 Å². The van der Waals surface area contributed by atoms with Gasteiger partial charge in [-0.1, -0.05) is 24.3 Å². The van der Waals surface area contributed by atoms with Crippen molar-refractivity contribution in [3.63, 3.8) is 0 Å². The molecule has 0 bridgehead atoms. The molecule has 0 spiro atoms. The Balaban J connectivity index is 1.70. The van der Waals surface area contributed by atoms with Crippen molar-refractivity contribution in [1.82, 2.24) is 0 Å². The van der Waals surface area contributed by atoms with Crippen LogP contribution in [0.15, 0.2) is 97.1 Å². The SMILES string of the molecule is CN(C)c1ccc(-c2ccc(N(c3ccc(N)cc3)c3ccc(N)cc3)cc2)cc1. The molecule has 4 aromatic rings. The van der Waals surface area contributed by atoms with E-state index in [9.17, 15) is 0 Å². The third kappa shape index (κ3) is 4.08. The summed E-state index contributed by atoms with van der Waals surface area (Å²) in [6.45, 7) is 0. The molecule has 0 fully saturated rings. The predicted octanol–water partition coefficient (Wildman–Crippen LogP) is 6.05. The lowest BCUT2D eigenvalue weighted by molar-refractivity contribution is 1.13. The second-order valence-electron chi connectivity index (χ2n) is 7.51. The minimum Gasteiger partial charge on any atom is -0.399 e. The molecule has 4 aromatic carbocycles. The Morgan fingerprint density at radius 3 is 1.07 bits per heavy atom. The number of rotatable bonds is 5. The quantitative estimate of drug-likeness (QED) is 0.404. The molecule has 0 radical (unpaired) electrons. The zero-order valence-electron chi connectivity index (χ0n) is 17.3. The van der Waals surface area contributed by atoms with Crippen LogP contribution in [0.4, 0.5) is 34.1 Å². The van der Waals surface area contributed by atoms with Crippen LogP contribution >= 0.6 is 0 Å². The Morgan fingerprint density at radius 2 is 0.733 bits per heavy atom. The fourth-order valence-electron chi connectivity index (χ4n) is 3.45. The van der Waals surface area contributed by atoms with Gasteiger partial charge in [0.15, 0.2) is 0 Å². The molecule has 0 amide bonds. The van der Waals surface area contributed by atoms with Crippen LogP contribution in [0, 0.1) is 0 Å². The van der Waals surface area contributed by atoms with Crippen molar-refractivity contribution in [1.29, 1.82) is 0 Å². The van der Waals surface area contributed by atoms with Crippen molar-refractivity contribution in [2.24, 2.45) is 0 Å². The number of hydrogen-bond acceptors (Lipinski definition) is 4. The maximum absolute atomic E-state index is 5.90. The van der Waals surface area contributed by atoms with Gasteiger partial charge in [0.05, 0.1) is 0 Å². The molecule has 0 aliphatic carbocycles. The average Bonchev–Trinajstić information content (AvgIpc) is 2.77. The Morgan fingerprint density at radius 1 is 0.433 bits per heavy atom. The standard InChI is InChI=1S/C26H26N4/c1-29(2)23-11-3-19(4-12-23)20-5-13-24(14-6-20)30(25-15-7-21(27)8-16-25)26-17-9-22(28)10-18-26/h3-18H,27-28H2,1-2H3. The number of benzene rings is 4. The van der Waals surface area contributed by atoms with Crippen LogP contribution in [0.3, 0.4) is 0 Å². The zero-order chi connectivity index (χ0) is 21.1. The first-order chi connectivity index (χ1) is 14.5. The molecule has 150 valence electrons. The summed E-state index contributed by atoms with van der Waals surface area (Å²) in [5, 5.41) is 0. The number of hydrogen-bond donors (Lipinski definition) is 2. The maximum atomic E-state index is 5.90. The molecule has 0 saturated carbocycles. The van der Waals surface area contributed by atoms with E-state index in [0.29, 0.717) is 0 Å². The first-order valence-electron chi connectivity index (χ1n) is 9.90. The normalized spacial score (nSPS) is 10.6. The van der Waals surface area contributed by atoms with E-state index in [0.717, 1.165) is 28.4 Å². The van der Waals surface area contributed by atoms with E-state index >= 15 is 0 Å². The molecule has 0 aliphatic heterocycles. The molecule has 0 heterocycles. The Labute approximate surface area is 178 Å². The number of anilines is 6. The second-order valence-corrected chi connectivity index (χ2v) is 7.51. The van der Waals surface area contributed by atoms with Gasteiger partial charge in [-0.15, -0.1) is 0 Å². The van der Waals surface area contributed by atoms with Gasteiger partial charge in [-0.25, -0.2) is 0 Å². The lowest BCUT2D eigenvalue weighted by atomic mass is 10.0. The van der Waals surface area contributed by atoms with E-state index in [1.165, 1.54) is 16.8 Å². The van der Waals surface area contributed by atoms with Crippen molar-refractivity contribution in [2.75, 3.05) is 35.4 Å². The summed E-state index contributed by atoms with van der Waals surface area (Å²) in [5.74, 6) is 0. The van der Waals surface area contributed by atoms with Crippen LogP contribution in [0.25, 0.3) is 11.1 Å². The van der Waals surface area contributed by atoms with Gasteiger partial charge in [0.2, 0.25) is 0 Å². The minimum absolute atomic E-state index is 0.743. The Hall–Kier alpha value is -3.92. The summed E-state index contributed by atoms with van der Waals surface area (Å²) in [6, 6.07) is 33.0. The van der Waals surface area contributed by atoms with Gasteiger partial charge in [-0.2, -0.15) is 0 Å². The van der Waals surface area contributed by atoms with Crippen molar-refractivity contribution in [3.05, 3.63) is 97.1 Å². The van der Waals surface area contributed by atoms with E-state index < -0.39 is 0 Å². The summed E-state index contributed by atoms with van der Waals surface area (Å²) in [6.07, 6.45) is 0. The highest BCUT2D eigenvalue weighted by Crippen LogP contribution is 2.36. The molecule has 4 nitrogen and oxygen atoms in total. The van der Waals surface area contributed by atoms with E-state index in [1.54, 1.807) is 0 Å². The Kier molecular flexibility index (Phi) is 5.31. The van der Waals surface area contributed by atoms with Crippen LogP contribution in [0.1, 0.15) is 0 Å². The monoisotopic (exact) mass is 394 g/mol. The van der Waals surface area contributed by atoms with Gasteiger partial charge in [0, 0.05) is 48.2 Å². The molecule has 0 aliphatic rings. The molecular weight excluding hydrogens is 368 g/mol. The molecule has 0 aromatic heterocycles. The van der Waals surface area contributed by atoms with Crippen molar-refractivity contribution >= 4 is 34.1 Å². The van der Waals surface area contributed by atoms with Gasteiger partial charge in [0.25, 0.3) is 0 Å². The van der Waals surface area contributed by atoms with E-state index in [-0.39, 0.29) is 0 Å². The highest BCUT2D eigenvalue weighted by atomic mass is 15.1. The Bertz CT molecular complexity index is 1050. The molecule has 4 heteroatoms. The lowest BCUT2D eigenvalue weighted by Crippen LogP contribution is -2.10. The molecule has 0 unspecified atom stereocenters. The first-order valence-corrected chi connectivity index (χ1v) is 9.90. The molecular formula is C26H26N4. The van der Waals surface area contributed by atoms with Gasteiger partial charge in [-0.3, -0.25) is 0 Å². The number of nitrogens with two attached hydrogens (primary N) is 2. The van der Waals surface area contributed by atoms with Crippen LogP contribution < -0.4 is 21.3 Å². The largest absolute Gasteiger partial charge is 0.399 e. The van der Waals surface area contributed by atoms with Crippen LogP contribution in [0.5, 0.6) is 0 Å². The fraction of sp³-hybridized carbons (Fsp3) is 0.0769. The molecule has 4 N–H and O–H groups in total. The third-order valence-corrected chi connectivity index (χ3v) is 5.15. The van der Waals surface area contributed by atoms with E-state index in [2.05, 4.69) is 58.3 Å². The van der Waals surface area contributed by atoms with Crippen molar-refractivity contribution in [2.45, 2.75) is 0 Å². The molecule has 30 heavy (non-hydrogen) atoms. The summed E-state index contributed by atoms with van der Waals surface area (Å²) in [7, 11) is 4.10. The highest BCUT2D eigenvalue weighted by molar-refractivity contribution is 5.79. The third-order valence-electron chi connectivity index (χ3n) is 5.15.